The molecular weight excluding hydrogens is 280 g/mol. The average Bonchev–Trinajstić information content (AvgIpc) is 3.03. The van der Waals surface area contributed by atoms with Gasteiger partial charge in [-0.1, -0.05) is 6.07 Å². The normalized spacial score (nSPS) is 13.3. The van der Waals surface area contributed by atoms with Gasteiger partial charge in [-0.25, -0.2) is 0 Å². The maximum atomic E-state index is 12.0. The number of hydrogen-bond acceptors (Lipinski definition) is 4. The Bertz CT molecular complexity index is 644. The van der Waals surface area contributed by atoms with E-state index in [0.29, 0.717) is 15.4 Å². The number of primary amides is 1. The van der Waals surface area contributed by atoms with Crippen molar-refractivity contribution in [1.29, 1.82) is 0 Å². The Morgan fingerprint density at radius 1 is 1.32 bits per heavy atom. The smallest absolute Gasteiger partial charge is 0.266 e. The van der Waals surface area contributed by atoms with E-state index in [0.717, 1.165) is 24.8 Å². The molecule has 0 unspecified atom stereocenters. The number of thiophene rings is 2. The van der Waals surface area contributed by atoms with E-state index >= 15 is 0 Å². The minimum atomic E-state index is -0.458. The topological polar surface area (TPSA) is 72.2 Å². The zero-order chi connectivity index (χ0) is 13.4. The van der Waals surface area contributed by atoms with Crippen molar-refractivity contribution in [2.45, 2.75) is 19.3 Å². The monoisotopic (exact) mass is 292 g/mol. The number of amides is 2. The molecule has 2 amide bonds. The van der Waals surface area contributed by atoms with Crippen molar-refractivity contribution in [1.82, 2.24) is 0 Å². The highest BCUT2D eigenvalue weighted by Gasteiger charge is 2.26. The summed E-state index contributed by atoms with van der Waals surface area (Å²) in [5.74, 6) is -0.640. The van der Waals surface area contributed by atoms with Crippen LogP contribution in [0.25, 0.3) is 0 Å². The molecule has 2 heterocycles. The van der Waals surface area contributed by atoms with Crippen LogP contribution in [0.3, 0.4) is 0 Å². The van der Waals surface area contributed by atoms with Crippen LogP contribution >= 0.6 is 22.7 Å². The summed E-state index contributed by atoms with van der Waals surface area (Å²) in [5, 5.41) is 5.25. The number of anilines is 1. The fourth-order valence-electron chi connectivity index (χ4n) is 2.33. The molecule has 2 aromatic rings. The lowest BCUT2D eigenvalue weighted by molar-refractivity contribution is 0.100. The predicted octanol–water partition coefficient (Wildman–Crippen LogP) is 2.65. The van der Waals surface area contributed by atoms with Crippen LogP contribution in [0.2, 0.25) is 0 Å². The van der Waals surface area contributed by atoms with Crippen LogP contribution < -0.4 is 11.1 Å². The van der Waals surface area contributed by atoms with Gasteiger partial charge in [-0.05, 0) is 36.3 Å². The number of carbonyl (C=O) groups is 2. The van der Waals surface area contributed by atoms with Crippen molar-refractivity contribution in [3.8, 4) is 0 Å². The second-order valence-electron chi connectivity index (χ2n) is 4.36. The lowest BCUT2D eigenvalue weighted by Crippen LogP contribution is -2.17. The zero-order valence-corrected chi connectivity index (χ0v) is 11.7. The third-order valence-corrected chi connectivity index (χ3v) is 5.22. The van der Waals surface area contributed by atoms with Gasteiger partial charge >= 0.3 is 0 Å². The van der Waals surface area contributed by atoms with Gasteiger partial charge in [0, 0.05) is 4.88 Å². The molecule has 0 bridgehead atoms. The Morgan fingerprint density at radius 2 is 2.16 bits per heavy atom. The van der Waals surface area contributed by atoms with Crippen LogP contribution in [0.5, 0.6) is 0 Å². The third kappa shape index (κ3) is 2.17. The number of hydrogen-bond donors (Lipinski definition) is 2. The van der Waals surface area contributed by atoms with Gasteiger partial charge in [-0.2, -0.15) is 0 Å². The summed E-state index contributed by atoms with van der Waals surface area (Å²) >= 11 is 2.85. The van der Waals surface area contributed by atoms with Gasteiger partial charge in [0.05, 0.1) is 10.4 Å². The highest BCUT2D eigenvalue weighted by molar-refractivity contribution is 7.17. The van der Waals surface area contributed by atoms with Crippen LogP contribution in [-0.4, -0.2) is 11.8 Å². The summed E-state index contributed by atoms with van der Waals surface area (Å²) < 4.78 is 0. The van der Waals surface area contributed by atoms with E-state index in [1.54, 1.807) is 6.07 Å². The summed E-state index contributed by atoms with van der Waals surface area (Å²) in [7, 11) is 0. The second kappa shape index (κ2) is 4.79. The fraction of sp³-hybridized carbons (Fsp3) is 0.231. The minimum absolute atomic E-state index is 0.183. The van der Waals surface area contributed by atoms with E-state index in [-0.39, 0.29) is 5.91 Å². The number of fused-ring (bicyclic) bond motifs is 1. The molecule has 0 fully saturated rings. The molecule has 2 aromatic heterocycles. The first-order valence-corrected chi connectivity index (χ1v) is 7.65. The number of carbonyl (C=O) groups excluding carboxylic acids is 2. The highest BCUT2D eigenvalue weighted by Crippen LogP contribution is 2.39. The summed E-state index contributed by atoms with van der Waals surface area (Å²) in [5.41, 5.74) is 6.97. The third-order valence-electron chi connectivity index (χ3n) is 3.14. The second-order valence-corrected chi connectivity index (χ2v) is 6.41. The lowest BCUT2D eigenvalue weighted by atomic mass is 10.1. The Morgan fingerprint density at radius 3 is 2.84 bits per heavy atom. The molecule has 6 heteroatoms. The Kier molecular flexibility index (Phi) is 3.12. The van der Waals surface area contributed by atoms with Crippen molar-refractivity contribution < 1.29 is 9.59 Å². The van der Waals surface area contributed by atoms with Crippen LogP contribution in [0.1, 0.15) is 36.9 Å². The number of rotatable bonds is 3. The Labute approximate surface area is 118 Å². The number of nitrogens with two attached hydrogens (primary N) is 1. The van der Waals surface area contributed by atoms with Gasteiger partial charge in [0.15, 0.2) is 0 Å². The molecule has 4 nitrogen and oxygen atoms in total. The van der Waals surface area contributed by atoms with Crippen LogP contribution in [0.4, 0.5) is 5.00 Å². The van der Waals surface area contributed by atoms with Crippen molar-refractivity contribution in [2.24, 2.45) is 5.73 Å². The first-order valence-electron chi connectivity index (χ1n) is 5.96. The molecule has 0 aromatic carbocycles. The summed E-state index contributed by atoms with van der Waals surface area (Å²) in [6.07, 6.45) is 2.90. The van der Waals surface area contributed by atoms with Gasteiger partial charge in [0.25, 0.3) is 11.8 Å². The van der Waals surface area contributed by atoms with Crippen molar-refractivity contribution >= 4 is 39.5 Å². The fourth-order valence-corrected chi connectivity index (χ4v) is 4.23. The Balaban J connectivity index is 1.93. The summed E-state index contributed by atoms with van der Waals surface area (Å²) in [6, 6.07) is 3.58. The average molecular weight is 292 g/mol. The highest BCUT2D eigenvalue weighted by atomic mass is 32.1. The molecule has 98 valence electrons. The predicted molar refractivity (Wildman–Crippen MR) is 77.1 cm³/mol. The SMILES string of the molecule is NC(=O)c1c(NC(=O)c2cccs2)sc2c1CCC2. The van der Waals surface area contributed by atoms with E-state index in [9.17, 15) is 9.59 Å². The zero-order valence-electron chi connectivity index (χ0n) is 10.1. The van der Waals surface area contributed by atoms with Gasteiger partial charge in [-0.3, -0.25) is 9.59 Å². The molecule has 1 aliphatic rings. The molecule has 0 aliphatic heterocycles. The first-order chi connectivity index (χ1) is 9.16. The molecule has 1 aliphatic carbocycles. The minimum Gasteiger partial charge on any atom is -0.365 e. The maximum Gasteiger partial charge on any atom is 0.266 e. The molecule has 19 heavy (non-hydrogen) atoms. The lowest BCUT2D eigenvalue weighted by Gasteiger charge is -2.04. The molecule has 0 saturated heterocycles. The van der Waals surface area contributed by atoms with Gasteiger partial charge in [-0.15, -0.1) is 22.7 Å². The van der Waals surface area contributed by atoms with E-state index < -0.39 is 5.91 Å². The molecule has 0 spiro atoms. The first kappa shape index (κ1) is 12.4. The molecule has 0 saturated carbocycles. The van der Waals surface area contributed by atoms with Gasteiger partial charge in [0.1, 0.15) is 5.00 Å². The van der Waals surface area contributed by atoms with E-state index in [1.807, 2.05) is 11.4 Å². The van der Waals surface area contributed by atoms with Crippen LogP contribution in [0, 0.1) is 0 Å². The largest absolute Gasteiger partial charge is 0.365 e. The van der Waals surface area contributed by atoms with E-state index in [2.05, 4.69) is 5.32 Å². The summed E-state index contributed by atoms with van der Waals surface area (Å²) in [4.78, 5) is 25.4. The molecule has 3 N–H and O–H groups in total. The maximum absolute atomic E-state index is 12.0. The van der Waals surface area contributed by atoms with Crippen molar-refractivity contribution in [2.75, 3.05) is 5.32 Å². The number of nitrogens with one attached hydrogen (secondary N) is 1. The number of aryl methyl sites for hydroxylation is 1. The molecule has 3 rings (SSSR count). The standard InChI is InChI=1S/C13H12N2O2S2/c14-11(16)10-7-3-1-4-8(7)19-13(10)15-12(17)9-5-2-6-18-9/h2,5-6H,1,3-4H2,(H2,14,16)(H,15,17). The van der Waals surface area contributed by atoms with E-state index in [1.165, 1.54) is 27.6 Å². The van der Waals surface area contributed by atoms with Gasteiger partial charge in [0.2, 0.25) is 0 Å². The Hall–Kier alpha value is -1.66. The molecule has 0 atom stereocenters. The quantitative estimate of drug-likeness (QED) is 0.913. The molecule has 0 radical (unpaired) electrons. The van der Waals surface area contributed by atoms with Crippen molar-refractivity contribution in [3.63, 3.8) is 0 Å². The summed E-state index contributed by atoms with van der Waals surface area (Å²) in [6.45, 7) is 0. The van der Waals surface area contributed by atoms with Crippen LogP contribution in [-0.2, 0) is 12.8 Å². The van der Waals surface area contributed by atoms with Gasteiger partial charge < -0.3 is 11.1 Å². The van der Waals surface area contributed by atoms with E-state index in [4.69, 9.17) is 5.73 Å². The van der Waals surface area contributed by atoms with Crippen LogP contribution in [0.15, 0.2) is 17.5 Å². The molecular formula is C13H12N2O2S2. The van der Waals surface area contributed by atoms with Crippen molar-refractivity contribution in [3.05, 3.63) is 38.4 Å².